The van der Waals surface area contributed by atoms with E-state index in [0.717, 1.165) is 38.6 Å². The topological polar surface area (TPSA) is 42.0 Å². The second-order valence-corrected chi connectivity index (χ2v) is 9.91. The molecular weight excluding hydrogens is 316 g/mol. The van der Waals surface area contributed by atoms with Gasteiger partial charge < -0.3 is 14.4 Å². The van der Waals surface area contributed by atoms with E-state index in [1.165, 1.54) is 0 Å². The summed E-state index contributed by atoms with van der Waals surface area (Å²) in [6.45, 7) is 12.5. The van der Waals surface area contributed by atoms with Gasteiger partial charge in [-0.25, -0.2) is 0 Å². The number of hydrogen-bond acceptors (Lipinski definition) is 4. The van der Waals surface area contributed by atoms with Crippen LogP contribution in [0.2, 0.25) is 0 Å². The van der Waals surface area contributed by atoms with Crippen LogP contribution in [0.15, 0.2) is 0 Å². The maximum atomic E-state index is 13.7. The molecule has 3 fully saturated rings. The van der Waals surface area contributed by atoms with Crippen LogP contribution < -0.4 is 0 Å². The minimum Gasteiger partial charge on any atom is -0.384 e. The molecule has 3 rings (SSSR count). The van der Waals surface area contributed by atoms with E-state index in [9.17, 15) is 4.79 Å². The van der Waals surface area contributed by atoms with E-state index in [2.05, 4.69) is 51.5 Å². The van der Waals surface area contributed by atoms with Crippen LogP contribution in [0.25, 0.3) is 0 Å². The highest BCUT2D eigenvalue weighted by atomic mass is 16.6. The Labute approximate surface area is 153 Å². The molecule has 0 N–H and O–H groups in total. The highest BCUT2D eigenvalue weighted by Gasteiger charge is 2.67. The van der Waals surface area contributed by atoms with Gasteiger partial charge in [0.25, 0.3) is 5.91 Å². The first-order valence-corrected chi connectivity index (χ1v) is 9.73. The average Bonchev–Trinajstić information content (AvgIpc) is 2.67. The lowest BCUT2D eigenvalue weighted by Gasteiger charge is -2.56. The monoisotopic (exact) mass is 352 g/mol. The minimum atomic E-state index is -0.674. The van der Waals surface area contributed by atoms with Crippen molar-refractivity contribution in [1.29, 1.82) is 0 Å². The molecule has 5 heteroatoms. The van der Waals surface area contributed by atoms with Crippen molar-refractivity contribution in [1.82, 2.24) is 9.80 Å². The zero-order valence-electron chi connectivity index (χ0n) is 17.1. The normalized spacial score (nSPS) is 30.7. The zero-order chi connectivity index (χ0) is 18.7. The van der Waals surface area contributed by atoms with Gasteiger partial charge in [0.15, 0.2) is 5.60 Å². The summed E-state index contributed by atoms with van der Waals surface area (Å²) in [6, 6.07) is 0. The minimum absolute atomic E-state index is 0.0729. The third-order valence-corrected chi connectivity index (χ3v) is 6.84. The molecule has 2 spiro atoms. The molecular formula is C20H36N2O3. The van der Waals surface area contributed by atoms with E-state index in [-0.39, 0.29) is 22.7 Å². The first-order valence-electron chi connectivity index (χ1n) is 9.73. The number of carbonyl (C=O) groups is 1. The molecule has 2 heterocycles. The fourth-order valence-corrected chi connectivity index (χ4v) is 5.38. The van der Waals surface area contributed by atoms with E-state index in [1.54, 1.807) is 7.11 Å². The van der Waals surface area contributed by atoms with Gasteiger partial charge in [-0.15, -0.1) is 0 Å². The summed E-state index contributed by atoms with van der Waals surface area (Å²) >= 11 is 0. The van der Waals surface area contributed by atoms with Crippen molar-refractivity contribution in [2.24, 2.45) is 5.92 Å². The van der Waals surface area contributed by atoms with Gasteiger partial charge in [0, 0.05) is 37.6 Å². The number of carbonyl (C=O) groups excluding carboxylic acids is 1. The Balaban J connectivity index is 1.92. The lowest BCUT2D eigenvalue weighted by atomic mass is 9.71. The fraction of sp³-hybridized carbons (Fsp3) is 0.950. The van der Waals surface area contributed by atoms with E-state index in [4.69, 9.17) is 9.47 Å². The van der Waals surface area contributed by atoms with Crippen LogP contribution in [0, 0.1) is 5.92 Å². The predicted molar refractivity (Wildman–Crippen MR) is 98.3 cm³/mol. The molecule has 1 amide bonds. The Morgan fingerprint density at radius 2 is 1.72 bits per heavy atom. The smallest absolute Gasteiger partial charge is 0.257 e. The zero-order valence-corrected chi connectivity index (χ0v) is 17.1. The van der Waals surface area contributed by atoms with Crippen LogP contribution in [0.3, 0.4) is 0 Å². The summed E-state index contributed by atoms with van der Waals surface area (Å²) < 4.78 is 12.0. The summed E-state index contributed by atoms with van der Waals surface area (Å²) in [5.41, 5.74) is -1.18. The molecule has 1 atom stereocenters. The molecule has 1 unspecified atom stereocenters. The highest BCUT2D eigenvalue weighted by Crippen LogP contribution is 2.55. The summed E-state index contributed by atoms with van der Waals surface area (Å²) in [5, 5.41) is 0. The quantitative estimate of drug-likeness (QED) is 0.780. The standard InChI is InChI=1S/C20H36N2O3/c1-15(12-24-7)11-22-16(23)19(25-20(22)9-8-10-20)13-17(2,3)21(6)18(4,5)14-19/h15H,8-14H2,1-7H3. The SMILES string of the molecule is COCC(C)CN1C(=O)C2(CC(C)(C)N(C)C(C)(C)C2)OC12CCC2. The predicted octanol–water partition coefficient (Wildman–Crippen LogP) is 3.03. The maximum Gasteiger partial charge on any atom is 0.257 e. The van der Waals surface area contributed by atoms with Gasteiger partial charge in [-0.3, -0.25) is 9.69 Å². The number of nitrogens with zero attached hydrogens (tertiary/aromatic N) is 2. The van der Waals surface area contributed by atoms with Gasteiger partial charge in [-0.1, -0.05) is 6.92 Å². The van der Waals surface area contributed by atoms with Crippen molar-refractivity contribution in [3.8, 4) is 0 Å². The van der Waals surface area contributed by atoms with Crippen molar-refractivity contribution in [3.05, 3.63) is 0 Å². The second kappa shape index (κ2) is 5.93. The first-order chi connectivity index (χ1) is 11.5. The number of methoxy groups -OCH3 is 1. The Bertz CT molecular complexity index is 521. The molecule has 1 saturated carbocycles. The van der Waals surface area contributed by atoms with Crippen molar-refractivity contribution >= 4 is 5.91 Å². The van der Waals surface area contributed by atoms with Gasteiger partial charge in [0.1, 0.15) is 5.72 Å². The average molecular weight is 353 g/mol. The molecule has 0 aromatic carbocycles. The number of ether oxygens (including phenoxy) is 2. The van der Waals surface area contributed by atoms with E-state index in [0.29, 0.717) is 12.5 Å². The van der Waals surface area contributed by atoms with Gasteiger partial charge in [0.05, 0.1) is 6.61 Å². The summed E-state index contributed by atoms with van der Waals surface area (Å²) in [7, 11) is 3.89. The lowest BCUT2D eigenvalue weighted by Crippen LogP contribution is -2.66. The van der Waals surface area contributed by atoms with Crippen LogP contribution in [-0.2, 0) is 14.3 Å². The lowest BCUT2D eigenvalue weighted by molar-refractivity contribution is -0.217. The summed E-state index contributed by atoms with van der Waals surface area (Å²) in [6.07, 6.45) is 4.60. The largest absolute Gasteiger partial charge is 0.384 e. The van der Waals surface area contributed by atoms with E-state index < -0.39 is 5.60 Å². The summed E-state index contributed by atoms with van der Waals surface area (Å²) in [4.78, 5) is 18.1. The molecule has 0 bridgehead atoms. The van der Waals surface area contributed by atoms with Crippen LogP contribution in [-0.4, -0.2) is 65.4 Å². The van der Waals surface area contributed by atoms with Gasteiger partial charge in [-0.2, -0.15) is 0 Å². The fourth-order valence-electron chi connectivity index (χ4n) is 5.38. The molecule has 2 aliphatic heterocycles. The van der Waals surface area contributed by atoms with Gasteiger partial charge in [-0.05, 0) is 59.9 Å². The molecule has 5 nitrogen and oxygen atoms in total. The third-order valence-electron chi connectivity index (χ3n) is 6.84. The highest BCUT2D eigenvalue weighted by molar-refractivity contribution is 5.88. The summed E-state index contributed by atoms with van der Waals surface area (Å²) in [5.74, 6) is 0.530. The molecule has 0 aromatic rings. The molecule has 0 aromatic heterocycles. The van der Waals surface area contributed by atoms with Gasteiger partial charge >= 0.3 is 0 Å². The number of hydrogen-bond donors (Lipinski definition) is 0. The molecule has 1 aliphatic carbocycles. The second-order valence-electron chi connectivity index (χ2n) is 9.91. The Kier molecular flexibility index (Phi) is 4.54. The molecule has 2 saturated heterocycles. The first kappa shape index (κ1) is 19.1. The molecule has 3 aliphatic rings. The number of piperidine rings is 1. The van der Waals surface area contributed by atoms with E-state index in [1.807, 2.05) is 0 Å². The Morgan fingerprint density at radius 3 is 2.16 bits per heavy atom. The Hall–Kier alpha value is -0.650. The van der Waals surface area contributed by atoms with E-state index >= 15 is 0 Å². The van der Waals surface area contributed by atoms with Crippen LogP contribution in [0.1, 0.15) is 66.7 Å². The van der Waals surface area contributed by atoms with Crippen LogP contribution in [0.4, 0.5) is 0 Å². The Morgan fingerprint density at radius 1 is 1.16 bits per heavy atom. The van der Waals surface area contributed by atoms with Gasteiger partial charge in [0.2, 0.25) is 0 Å². The molecule has 144 valence electrons. The molecule has 25 heavy (non-hydrogen) atoms. The molecule has 0 radical (unpaired) electrons. The van der Waals surface area contributed by atoms with Crippen molar-refractivity contribution in [2.45, 2.75) is 89.1 Å². The van der Waals surface area contributed by atoms with Crippen molar-refractivity contribution in [2.75, 3.05) is 27.3 Å². The number of rotatable bonds is 4. The maximum absolute atomic E-state index is 13.7. The van der Waals surface area contributed by atoms with Crippen molar-refractivity contribution in [3.63, 3.8) is 0 Å². The van der Waals surface area contributed by atoms with Crippen LogP contribution in [0.5, 0.6) is 0 Å². The number of likely N-dealkylation sites (tertiary alicyclic amines) is 1. The number of amides is 1. The van der Waals surface area contributed by atoms with Crippen LogP contribution >= 0.6 is 0 Å². The third kappa shape index (κ3) is 2.92. The van der Waals surface area contributed by atoms with Crippen molar-refractivity contribution < 1.29 is 14.3 Å².